The second-order valence-corrected chi connectivity index (χ2v) is 5.95. The summed E-state index contributed by atoms with van der Waals surface area (Å²) in [6, 6.07) is 9.30. The van der Waals surface area contributed by atoms with Crippen molar-refractivity contribution < 1.29 is 4.74 Å². The SMILES string of the molecule is c1ccc2c(c1)OCCCN2CCCCCNC1CC1. The van der Waals surface area contributed by atoms with Crippen molar-refractivity contribution in [2.45, 2.75) is 44.6 Å². The van der Waals surface area contributed by atoms with E-state index in [1.54, 1.807) is 0 Å². The molecule has 1 aromatic rings. The first-order chi connectivity index (χ1) is 9.93. The van der Waals surface area contributed by atoms with Gasteiger partial charge in [-0.15, -0.1) is 0 Å². The van der Waals surface area contributed by atoms with E-state index in [1.165, 1.54) is 44.3 Å². The van der Waals surface area contributed by atoms with Gasteiger partial charge in [-0.05, 0) is 50.8 Å². The summed E-state index contributed by atoms with van der Waals surface area (Å²) in [7, 11) is 0. The number of rotatable bonds is 7. The van der Waals surface area contributed by atoms with Crippen LogP contribution in [0.15, 0.2) is 24.3 Å². The average molecular weight is 274 g/mol. The molecule has 0 atom stereocenters. The largest absolute Gasteiger partial charge is 0.491 e. The van der Waals surface area contributed by atoms with Crippen LogP contribution in [0.4, 0.5) is 5.69 Å². The van der Waals surface area contributed by atoms with E-state index in [2.05, 4.69) is 34.5 Å². The molecule has 20 heavy (non-hydrogen) atoms. The zero-order valence-corrected chi connectivity index (χ0v) is 12.3. The molecule has 1 saturated carbocycles. The maximum Gasteiger partial charge on any atom is 0.142 e. The van der Waals surface area contributed by atoms with Crippen LogP contribution in [0.1, 0.15) is 38.5 Å². The maximum atomic E-state index is 5.81. The topological polar surface area (TPSA) is 24.5 Å². The van der Waals surface area contributed by atoms with Gasteiger partial charge in [-0.25, -0.2) is 0 Å². The van der Waals surface area contributed by atoms with Gasteiger partial charge in [-0.2, -0.15) is 0 Å². The minimum absolute atomic E-state index is 0.846. The summed E-state index contributed by atoms with van der Waals surface area (Å²) in [6.07, 6.45) is 7.81. The van der Waals surface area contributed by atoms with E-state index >= 15 is 0 Å². The molecular weight excluding hydrogens is 248 g/mol. The Bertz CT molecular complexity index is 417. The molecular formula is C17H26N2O. The third kappa shape index (κ3) is 3.89. The number of hydrogen-bond donors (Lipinski definition) is 1. The second-order valence-electron chi connectivity index (χ2n) is 5.95. The van der Waals surface area contributed by atoms with Crippen LogP contribution in [0.25, 0.3) is 0 Å². The van der Waals surface area contributed by atoms with Crippen molar-refractivity contribution in [3.8, 4) is 5.75 Å². The minimum atomic E-state index is 0.846. The van der Waals surface area contributed by atoms with Gasteiger partial charge in [0.2, 0.25) is 0 Å². The van der Waals surface area contributed by atoms with E-state index in [0.717, 1.165) is 37.9 Å². The molecule has 3 heteroatoms. The molecule has 1 fully saturated rings. The van der Waals surface area contributed by atoms with Gasteiger partial charge in [0, 0.05) is 19.1 Å². The minimum Gasteiger partial charge on any atom is -0.491 e. The van der Waals surface area contributed by atoms with Crippen molar-refractivity contribution in [3.05, 3.63) is 24.3 Å². The van der Waals surface area contributed by atoms with Crippen LogP contribution in [0.3, 0.4) is 0 Å². The molecule has 0 spiro atoms. The predicted molar refractivity (Wildman–Crippen MR) is 83.6 cm³/mol. The number of unbranched alkanes of at least 4 members (excludes halogenated alkanes) is 2. The lowest BCUT2D eigenvalue weighted by Gasteiger charge is -2.23. The van der Waals surface area contributed by atoms with Crippen molar-refractivity contribution >= 4 is 5.69 Å². The van der Waals surface area contributed by atoms with Crippen molar-refractivity contribution in [3.63, 3.8) is 0 Å². The normalized spacial score (nSPS) is 18.3. The van der Waals surface area contributed by atoms with Gasteiger partial charge in [0.1, 0.15) is 5.75 Å². The molecule has 110 valence electrons. The standard InChI is InChI=1S/C17H26N2O/c1(4-11-18-15-9-10-15)5-12-19-13-6-14-20-17-8-3-2-7-16(17)19/h2-3,7-8,15,18H,1,4-6,9-14H2. The van der Waals surface area contributed by atoms with E-state index in [0.29, 0.717) is 0 Å². The van der Waals surface area contributed by atoms with Gasteiger partial charge in [0.05, 0.1) is 12.3 Å². The summed E-state index contributed by atoms with van der Waals surface area (Å²) in [6.45, 7) is 4.32. The summed E-state index contributed by atoms with van der Waals surface area (Å²) >= 11 is 0. The number of benzene rings is 1. The first-order valence-electron chi connectivity index (χ1n) is 8.13. The summed E-state index contributed by atoms with van der Waals surface area (Å²) < 4.78 is 5.81. The summed E-state index contributed by atoms with van der Waals surface area (Å²) in [5, 5.41) is 3.59. The third-order valence-corrected chi connectivity index (χ3v) is 4.15. The van der Waals surface area contributed by atoms with Crippen LogP contribution in [-0.4, -0.2) is 32.3 Å². The Kier molecular flexibility index (Phi) is 4.80. The fourth-order valence-electron chi connectivity index (χ4n) is 2.83. The fourth-order valence-corrected chi connectivity index (χ4v) is 2.83. The van der Waals surface area contributed by atoms with Crippen LogP contribution in [0.5, 0.6) is 5.75 Å². The molecule has 0 unspecified atom stereocenters. The monoisotopic (exact) mass is 274 g/mol. The molecule has 1 heterocycles. The number of fused-ring (bicyclic) bond motifs is 1. The zero-order chi connectivity index (χ0) is 13.6. The van der Waals surface area contributed by atoms with Crippen LogP contribution in [-0.2, 0) is 0 Å². The van der Waals surface area contributed by atoms with E-state index in [4.69, 9.17) is 4.74 Å². The molecule has 0 amide bonds. The van der Waals surface area contributed by atoms with Gasteiger partial charge in [-0.3, -0.25) is 0 Å². The van der Waals surface area contributed by atoms with E-state index in [1.807, 2.05) is 0 Å². The summed E-state index contributed by atoms with van der Waals surface area (Å²) in [5.74, 6) is 1.06. The zero-order valence-electron chi connectivity index (χ0n) is 12.3. The molecule has 1 aromatic carbocycles. The molecule has 3 rings (SSSR count). The highest BCUT2D eigenvalue weighted by Crippen LogP contribution is 2.30. The van der Waals surface area contributed by atoms with Crippen LogP contribution >= 0.6 is 0 Å². The Morgan fingerprint density at radius 2 is 2.05 bits per heavy atom. The third-order valence-electron chi connectivity index (χ3n) is 4.15. The lowest BCUT2D eigenvalue weighted by atomic mass is 10.2. The smallest absolute Gasteiger partial charge is 0.142 e. The van der Waals surface area contributed by atoms with Gasteiger partial charge < -0.3 is 15.0 Å². The Labute approximate surface area is 122 Å². The molecule has 1 aliphatic heterocycles. The van der Waals surface area contributed by atoms with Crippen molar-refractivity contribution in [2.75, 3.05) is 31.1 Å². The predicted octanol–water partition coefficient (Wildman–Crippen LogP) is 3.20. The van der Waals surface area contributed by atoms with E-state index < -0.39 is 0 Å². The van der Waals surface area contributed by atoms with Crippen molar-refractivity contribution in [1.29, 1.82) is 0 Å². The molecule has 0 saturated heterocycles. The molecule has 1 N–H and O–H groups in total. The Balaban J connectivity index is 1.42. The number of nitrogens with zero attached hydrogens (tertiary/aromatic N) is 1. The lowest BCUT2D eigenvalue weighted by Crippen LogP contribution is -2.25. The summed E-state index contributed by atoms with van der Waals surface area (Å²) in [4.78, 5) is 2.50. The quantitative estimate of drug-likeness (QED) is 0.773. The number of ether oxygens (including phenoxy) is 1. The van der Waals surface area contributed by atoms with E-state index in [-0.39, 0.29) is 0 Å². The molecule has 0 aromatic heterocycles. The van der Waals surface area contributed by atoms with Gasteiger partial charge in [-0.1, -0.05) is 18.6 Å². The lowest BCUT2D eigenvalue weighted by molar-refractivity contribution is 0.322. The Morgan fingerprint density at radius 1 is 1.15 bits per heavy atom. The van der Waals surface area contributed by atoms with Gasteiger partial charge >= 0.3 is 0 Å². The fraction of sp³-hybridized carbons (Fsp3) is 0.647. The highest BCUT2D eigenvalue weighted by atomic mass is 16.5. The molecule has 2 aliphatic rings. The van der Waals surface area contributed by atoms with Gasteiger partial charge in [0.15, 0.2) is 0 Å². The summed E-state index contributed by atoms with van der Waals surface area (Å²) in [5.41, 5.74) is 1.28. The highest BCUT2D eigenvalue weighted by molar-refractivity contribution is 5.58. The number of hydrogen-bond acceptors (Lipinski definition) is 3. The maximum absolute atomic E-state index is 5.81. The Hall–Kier alpha value is -1.22. The first kappa shape index (κ1) is 13.7. The molecule has 0 bridgehead atoms. The van der Waals surface area contributed by atoms with E-state index in [9.17, 15) is 0 Å². The average Bonchev–Trinajstić information content (AvgIpc) is 3.30. The van der Waals surface area contributed by atoms with Crippen LogP contribution in [0, 0.1) is 0 Å². The molecule has 0 radical (unpaired) electrons. The number of anilines is 1. The molecule has 3 nitrogen and oxygen atoms in total. The van der Waals surface area contributed by atoms with Crippen molar-refractivity contribution in [1.82, 2.24) is 5.32 Å². The number of para-hydroxylation sites is 2. The Morgan fingerprint density at radius 3 is 2.95 bits per heavy atom. The molecule has 1 aliphatic carbocycles. The van der Waals surface area contributed by atoms with Crippen LogP contribution in [0.2, 0.25) is 0 Å². The van der Waals surface area contributed by atoms with Gasteiger partial charge in [0.25, 0.3) is 0 Å². The highest BCUT2D eigenvalue weighted by Gasteiger charge is 2.19. The van der Waals surface area contributed by atoms with Crippen molar-refractivity contribution in [2.24, 2.45) is 0 Å². The number of nitrogens with one attached hydrogen (secondary N) is 1. The van der Waals surface area contributed by atoms with Crippen LogP contribution < -0.4 is 15.0 Å². The second kappa shape index (κ2) is 6.98. The first-order valence-corrected chi connectivity index (χ1v) is 8.13.